The highest BCUT2D eigenvalue weighted by molar-refractivity contribution is 5.91. The van der Waals surface area contributed by atoms with E-state index in [1.807, 2.05) is 30.3 Å². The smallest absolute Gasteiger partial charge is 0.121 e. The van der Waals surface area contributed by atoms with Crippen LogP contribution in [0.3, 0.4) is 0 Å². The number of benzene rings is 1. The van der Waals surface area contributed by atoms with Crippen molar-refractivity contribution in [2.24, 2.45) is 0 Å². The number of nitrogens with zero attached hydrogens (tertiary/aromatic N) is 1. The van der Waals surface area contributed by atoms with Crippen LogP contribution >= 0.6 is 0 Å². The maximum Gasteiger partial charge on any atom is 0.121 e. The zero-order chi connectivity index (χ0) is 15.3. The molecule has 0 aliphatic heterocycles. The van der Waals surface area contributed by atoms with E-state index in [0.717, 1.165) is 35.4 Å². The summed E-state index contributed by atoms with van der Waals surface area (Å²) < 4.78 is 5.36. The van der Waals surface area contributed by atoms with Gasteiger partial charge in [0.05, 0.1) is 18.3 Å². The van der Waals surface area contributed by atoms with Gasteiger partial charge in [0.25, 0.3) is 0 Å². The van der Waals surface area contributed by atoms with E-state index >= 15 is 0 Å². The van der Waals surface area contributed by atoms with Gasteiger partial charge in [0.2, 0.25) is 0 Å². The Balaban J connectivity index is 2.23. The molecular formula is C17H23N3O. The molecule has 2 rings (SSSR count). The molecule has 0 unspecified atom stereocenters. The summed E-state index contributed by atoms with van der Waals surface area (Å²) in [5.41, 5.74) is 1.90. The third-order valence-corrected chi connectivity index (χ3v) is 3.36. The number of aromatic nitrogens is 1. The second-order valence-electron chi connectivity index (χ2n) is 5.66. The first-order chi connectivity index (χ1) is 10.1. The van der Waals surface area contributed by atoms with E-state index in [2.05, 4.69) is 36.0 Å². The molecule has 0 aliphatic rings. The van der Waals surface area contributed by atoms with Crippen LogP contribution in [0.25, 0.3) is 10.9 Å². The molecule has 0 amide bonds. The SMILES string of the molecule is C=CCNC(C)(C)CNc1cc(OC)cc2cccnc12. The monoisotopic (exact) mass is 285 g/mol. The molecule has 0 saturated carbocycles. The molecule has 4 heteroatoms. The summed E-state index contributed by atoms with van der Waals surface area (Å²) in [6.07, 6.45) is 3.67. The minimum absolute atomic E-state index is 0.0433. The highest BCUT2D eigenvalue weighted by Crippen LogP contribution is 2.27. The number of anilines is 1. The fourth-order valence-electron chi connectivity index (χ4n) is 2.14. The summed E-state index contributed by atoms with van der Waals surface area (Å²) in [5, 5.41) is 7.96. The Morgan fingerprint density at radius 2 is 2.19 bits per heavy atom. The first-order valence-corrected chi connectivity index (χ1v) is 7.08. The van der Waals surface area contributed by atoms with Crippen molar-refractivity contribution in [2.75, 3.05) is 25.5 Å². The molecule has 0 saturated heterocycles. The van der Waals surface area contributed by atoms with Gasteiger partial charge in [-0.15, -0.1) is 6.58 Å². The third-order valence-electron chi connectivity index (χ3n) is 3.36. The lowest BCUT2D eigenvalue weighted by Gasteiger charge is -2.27. The molecule has 4 nitrogen and oxygen atoms in total. The lowest BCUT2D eigenvalue weighted by atomic mass is 10.1. The van der Waals surface area contributed by atoms with Crippen LogP contribution in [0.15, 0.2) is 43.1 Å². The average molecular weight is 285 g/mol. The highest BCUT2D eigenvalue weighted by atomic mass is 16.5. The topological polar surface area (TPSA) is 46.2 Å². The number of pyridine rings is 1. The Labute approximate surface area is 126 Å². The van der Waals surface area contributed by atoms with E-state index in [4.69, 9.17) is 4.74 Å². The number of ether oxygens (including phenoxy) is 1. The Kier molecular flexibility index (Phi) is 4.81. The Morgan fingerprint density at radius 3 is 2.90 bits per heavy atom. The Hall–Kier alpha value is -2.07. The summed E-state index contributed by atoms with van der Waals surface area (Å²) in [7, 11) is 1.68. The van der Waals surface area contributed by atoms with Crippen LogP contribution in [0.1, 0.15) is 13.8 Å². The summed E-state index contributed by atoms with van der Waals surface area (Å²) in [6, 6.07) is 7.95. The first kappa shape index (κ1) is 15.3. The number of fused-ring (bicyclic) bond motifs is 1. The predicted molar refractivity (Wildman–Crippen MR) is 89.1 cm³/mol. The van der Waals surface area contributed by atoms with E-state index in [1.165, 1.54) is 0 Å². The minimum atomic E-state index is -0.0433. The lowest BCUT2D eigenvalue weighted by Crippen LogP contribution is -2.45. The lowest BCUT2D eigenvalue weighted by molar-refractivity contribution is 0.415. The summed E-state index contributed by atoms with van der Waals surface area (Å²) in [5.74, 6) is 0.829. The van der Waals surface area contributed by atoms with Crippen LogP contribution in [0.5, 0.6) is 5.75 Å². The maximum absolute atomic E-state index is 5.36. The molecule has 2 aromatic rings. The van der Waals surface area contributed by atoms with Crippen molar-refractivity contribution in [3.8, 4) is 5.75 Å². The molecule has 0 aliphatic carbocycles. The quantitative estimate of drug-likeness (QED) is 0.767. The van der Waals surface area contributed by atoms with Gasteiger partial charge in [-0.2, -0.15) is 0 Å². The van der Waals surface area contributed by atoms with Crippen molar-refractivity contribution in [3.63, 3.8) is 0 Å². The fraction of sp³-hybridized carbons (Fsp3) is 0.353. The molecule has 0 atom stereocenters. The van der Waals surface area contributed by atoms with Gasteiger partial charge < -0.3 is 15.4 Å². The molecule has 21 heavy (non-hydrogen) atoms. The van der Waals surface area contributed by atoms with Crippen molar-refractivity contribution >= 4 is 16.6 Å². The van der Waals surface area contributed by atoms with Crippen LogP contribution in [0.2, 0.25) is 0 Å². The molecule has 1 aromatic heterocycles. The minimum Gasteiger partial charge on any atom is -0.497 e. The van der Waals surface area contributed by atoms with E-state index in [1.54, 1.807) is 13.3 Å². The molecule has 0 radical (unpaired) electrons. The number of hydrogen-bond donors (Lipinski definition) is 2. The van der Waals surface area contributed by atoms with E-state index in [-0.39, 0.29) is 5.54 Å². The molecule has 2 N–H and O–H groups in total. The highest BCUT2D eigenvalue weighted by Gasteiger charge is 2.16. The van der Waals surface area contributed by atoms with E-state index < -0.39 is 0 Å². The molecule has 1 aromatic carbocycles. The van der Waals surface area contributed by atoms with Gasteiger partial charge >= 0.3 is 0 Å². The normalized spacial score (nSPS) is 11.4. The van der Waals surface area contributed by atoms with E-state index in [0.29, 0.717) is 0 Å². The predicted octanol–water partition coefficient (Wildman–Crippen LogP) is 3.21. The molecule has 0 bridgehead atoms. The van der Waals surface area contributed by atoms with Gasteiger partial charge in [-0.3, -0.25) is 4.98 Å². The molecular weight excluding hydrogens is 262 g/mol. The maximum atomic E-state index is 5.36. The third kappa shape index (κ3) is 3.95. The van der Waals surface area contributed by atoms with Gasteiger partial charge in [-0.1, -0.05) is 12.1 Å². The number of hydrogen-bond acceptors (Lipinski definition) is 4. The second-order valence-corrected chi connectivity index (χ2v) is 5.66. The molecule has 0 spiro atoms. The van der Waals surface area contributed by atoms with Crippen LogP contribution in [0.4, 0.5) is 5.69 Å². The largest absolute Gasteiger partial charge is 0.497 e. The van der Waals surface area contributed by atoms with Crippen LogP contribution < -0.4 is 15.4 Å². The fourth-order valence-corrected chi connectivity index (χ4v) is 2.14. The van der Waals surface area contributed by atoms with Crippen molar-refractivity contribution < 1.29 is 4.74 Å². The first-order valence-electron chi connectivity index (χ1n) is 7.08. The van der Waals surface area contributed by atoms with Crippen LogP contribution in [0, 0.1) is 0 Å². The van der Waals surface area contributed by atoms with Gasteiger partial charge in [0, 0.05) is 36.3 Å². The van der Waals surface area contributed by atoms with Crippen molar-refractivity contribution in [1.82, 2.24) is 10.3 Å². The van der Waals surface area contributed by atoms with Crippen molar-refractivity contribution in [2.45, 2.75) is 19.4 Å². The second kappa shape index (κ2) is 6.59. The number of nitrogens with one attached hydrogen (secondary N) is 2. The summed E-state index contributed by atoms with van der Waals surface area (Å²) in [4.78, 5) is 4.46. The standard InChI is InChI=1S/C17H23N3O/c1-5-8-20-17(2,3)12-19-15-11-14(21-4)10-13-7-6-9-18-16(13)15/h5-7,9-11,19-20H,1,8,12H2,2-4H3. The van der Waals surface area contributed by atoms with Gasteiger partial charge in [-0.25, -0.2) is 0 Å². The zero-order valence-electron chi connectivity index (χ0n) is 12.9. The summed E-state index contributed by atoms with van der Waals surface area (Å²) >= 11 is 0. The van der Waals surface area contributed by atoms with Gasteiger partial charge in [-0.05, 0) is 26.0 Å². The summed E-state index contributed by atoms with van der Waals surface area (Å²) in [6.45, 7) is 9.60. The number of methoxy groups -OCH3 is 1. The molecule has 112 valence electrons. The van der Waals surface area contributed by atoms with Crippen molar-refractivity contribution in [3.05, 3.63) is 43.1 Å². The average Bonchev–Trinajstić information content (AvgIpc) is 2.50. The number of rotatable bonds is 7. The molecule has 0 fully saturated rings. The Morgan fingerprint density at radius 1 is 1.38 bits per heavy atom. The van der Waals surface area contributed by atoms with Crippen LogP contribution in [-0.4, -0.2) is 30.7 Å². The van der Waals surface area contributed by atoms with Crippen LogP contribution in [-0.2, 0) is 0 Å². The van der Waals surface area contributed by atoms with Crippen molar-refractivity contribution in [1.29, 1.82) is 0 Å². The van der Waals surface area contributed by atoms with Gasteiger partial charge in [0.1, 0.15) is 5.75 Å². The van der Waals surface area contributed by atoms with E-state index in [9.17, 15) is 0 Å². The zero-order valence-corrected chi connectivity index (χ0v) is 12.9. The van der Waals surface area contributed by atoms with Gasteiger partial charge in [0.15, 0.2) is 0 Å². The Bertz CT molecular complexity index is 622. The molecule has 1 heterocycles.